The van der Waals surface area contributed by atoms with Gasteiger partial charge in [0, 0.05) is 44.8 Å². The minimum atomic E-state index is -0.0376. The first-order chi connectivity index (χ1) is 12.1. The summed E-state index contributed by atoms with van der Waals surface area (Å²) < 4.78 is 5.52. The number of carbonyl (C=O) groups excluding carboxylic acids is 1. The maximum atomic E-state index is 11.1. The molecule has 0 bridgehead atoms. The van der Waals surface area contributed by atoms with E-state index in [0.717, 1.165) is 45.1 Å². The number of hydrogen-bond acceptors (Lipinski definition) is 4. The molecule has 0 aromatic heterocycles. The van der Waals surface area contributed by atoms with Gasteiger partial charge >= 0.3 is 0 Å². The fourth-order valence-electron chi connectivity index (χ4n) is 3.61. The van der Waals surface area contributed by atoms with Gasteiger partial charge in [0.1, 0.15) is 0 Å². The fraction of sp³-hybridized carbons (Fsp3) is 0.650. The number of morpholine rings is 1. The second-order valence-corrected chi connectivity index (χ2v) is 6.80. The molecule has 1 aromatic carbocycles. The molecule has 0 saturated carbocycles. The summed E-state index contributed by atoms with van der Waals surface area (Å²) in [5, 5.41) is 6.44. The van der Waals surface area contributed by atoms with Gasteiger partial charge in [-0.1, -0.05) is 38.8 Å². The average molecular weight is 348 g/mol. The van der Waals surface area contributed by atoms with Gasteiger partial charge in [-0.2, -0.15) is 0 Å². The molecular weight excluding hydrogens is 314 g/mol. The summed E-state index contributed by atoms with van der Waals surface area (Å²) in [5.41, 5.74) is 2.08. The molecule has 1 saturated heterocycles. The number of anilines is 1. The lowest BCUT2D eigenvalue weighted by atomic mass is 9.92. The molecule has 1 atom stereocenters. The normalized spacial score (nSPS) is 16.8. The van der Waals surface area contributed by atoms with Crippen LogP contribution in [0.4, 0.5) is 5.69 Å². The van der Waals surface area contributed by atoms with Crippen LogP contribution in [-0.2, 0) is 16.1 Å². The van der Waals surface area contributed by atoms with E-state index >= 15 is 0 Å². The predicted molar refractivity (Wildman–Crippen MR) is 103 cm³/mol. The summed E-state index contributed by atoms with van der Waals surface area (Å²) in [4.78, 5) is 13.7. The Labute approximate surface area is 152 Å². The molecule has 2 rings (SSSR count). The molecule has 1 heterocycles. The van der Waals surface area contributed by atoms with Gasteiger partial charge in [-0.05, 0) is 23.6 Å². The minimum absolute atomic E-state index is 0.0376. The molecule has 25 heavy (non-hydrogen) atoms. The molecule has 1 aromatic rings. The maximum Gasteiger partial charge on any atom is 0.221 e. The largest absolute Gasteiger partial charge is 0.379 e. The van der Waals surface area contributed by atoms with E-state index in [1.54, 1.807) is 0 Å². The lowest BCUT2D eigenvalue weighted by Gasteiger charge is -2.39. The third-order valence-electron chi connectivity index (χ3n) is 5.06. The standard InChI is InChI=1S/C20H33N3O2/c1-4-18(5-2)20(23-10-12-25-13-11-23)15-21-14-17-6-8-19(9-7-17)22-16(3)24/h6-9,18,20-21H,4-5,10-15H2,1-3H3,(H,22,24). The third-order valence-corrected chi connectivity index (χ3v) is 5.06. The summed E-state index contributed by atoms with van der Waals surface area (Å²) >= 11 is 0. The number of carbonyl (C=O) groups is 1. The van der Waals surface area contributed by atoms with Crippen LogP contribution in [0.15, 0.2) is 24.3 Å². The van der Waals surface area contributed by atoms with E-state index in [4.69, 9.17) is 4.74 Å². The van der Waals surface area contributed by atoms with Crippen LogP contribution in [0.3, 0.4) is 0 Å². The van der Waals surface area contributed by atoms with Crippen molar-refractivity contribution in [3.63, 3.8) is 0 Å². The zero-order chi connectivity index (χ0) is 18.1. The molecule has 5 nitrogen and oxygen atoms in total. The van der Waals surface area contributed by atoms with Gasteiger partial charge in [-0.15, -0.1) is 0 Å². The first-order valence-electron chi connectivity index (χ1n) is 9.53. The van der Waals surface area contributed by atoms with E-state index in [9.17, 15) is 4.79 Å². The highest BCUT2D eigenvalue weighted by atomic mass is 16.5. The molecule has 5 heteroatoms. The Kier molecular flexibility index (Phi) is 8.38. The molecule has 1 amide bonds. The van der Waals surface area contributed by atoms with Crippen molar-refractivity contribution in [3.8, 4) is 0 Å². The Morgan fingerprint density at radius 2 is 1.80 bits per heavy atom. The Hall–Kier alpha value is -1.43. The summed E-state index contributed by atoms with van der Waals surface area (Å²) in [6, 6.07) is 8.62. The molecule has 2 N–H and O–H groups in total. The SMILES string of the molecule is CCC(CC)C(CNCc1ccc(NC(C)=O)cc1)N1CCOCC1. The average Bonchev–Trinajstić information content (AvgIpc) is 2.63. The number of benzene rings is 1. The first-order valence-corrected chi connectivity index (χ1v) is 9.53. The number of amides is 1. The van der Waals surface area contributed by atoms with Crippen molar-refractivity contribution >= 4 is 11.6 Å². The number of rotatable bonds is 9. The van der Waals surface area contributed by atoms with Crippen molar-refractivity contribution < 1.29 is 9.53 Å². The van der Waals surface area contributed by atoms with E-state index in [1.807, 2.05) is 12.1 Å². The molecule has 1 aliphatic rings. The van der Waals surface area contributed by atoms with E-state index in [-0.39, 0.29) is 5.91 Å². The van der Waals surface area contributed by atoms with Crippen molar-refractivity contribution in [1.82, 2.24) is 10.2 Å². The van der Waals surface area contributed by atoms with E-state index in [0.29, 0.717) is 12.0 Å². The Morgan fingerprint density at radius 3 is 2.36 bits per heavy atom. The Morgan fingerprint density at radius 1 is 1.16 bits per heavy atom. The molecule has 0 aliphatic carbocycles. The van der Waals surface area contributed by atoms with Crippen molar-refractivity contribution in [2.24, 2.45) is 5.92 Å². The van der Waals surface area contributed by atoms with Crippen LogP contribution in [0.25, 0.3) is 0 Å². The van der Waals surface area contributed by atoms with Crippen molar-refractivity contribution in [2.75, 3.05) is 38.2 Å². The molecular formula is C20H33N3O2. The summed E-state index contributed by atoms with van der Waals surface area (Å²) in [7, 11) is 0. The van der Waals surface area contributed by atoms with Gasteiger partial charge < -0.3 is 15.4 Å². The summed E-state index contributed by atoms with van der Waals surface area (Å²) in [6.45, 7) is 11.7. The second kappa shape index (κ2) is 10.5. The zero-order valence-electron chi connectivity index (χ0n) is 15.9. The van der Waals surface area contributed by atoms with Crippen LogP contribution in [0.2, 0.25) is 0 Å². The lowest BCUT2D eigenvalue weighted by Crippen LogP contribution is -2.51. The van der Waals surface area contributed by atoms with Crippen molar-refractivity contribution in [2.45, 2.75) is 46.2 Å². The van der Waals surface area contributed by atoms with Crippen LogP contribution in [0.5, 0.6) is 0 Å². The highest BCUT2D eigenvalue weighted by Gasteiger charge is 2.26. The summed E-state index contributed by atoms with van der Waals surface area (Å²) in [5.74, 6) is 0.678. The first kappa shape index (κ1) is 19.9. The van der Waals surface area contributed by atoms with Gasteiger partial charge in [0.25, 0.3) is 0 Å². The predicted octanol–water partition coefficient (Wildman–Crippen LogP) is 2.87. The summed E-state index contributed by atoms with van der Waals surface area (Å²) in [6.07, 6.45) is 2.43. The Bertz CT molecular complexity index is 508. The van der Waals surface area contributed by atoms with E-state index < -0.39 is 0 Å². The van der Waals surface area contributed by atoms with Crippen LogP contribution in [0.1, 0.15) is 39.2 Å². The number of nitrogens with one attached hydrogen (secondary N) is 2. The van der Waals surface area contributed by atoms with Crippen LogP contribution < -0.4 is 10.6 Å². The number of hydrogen-bond donors (Lipinski definition) is 2. The zero-order valence-corrected chi connectivity index (χ0v) is 15.9. The fourth-order valence-corrected chi connectivity index (χ4v) is 3.61. The van der Waals surface area contributed by atoms with Gasteiger partial charge in [-0.25, -0.2) is 0 Å². The van der Waals surface area contributed by atoms with Crippen LogP contribution in [0, 0.1) is 5.92 Å². The molecule has 140 valence electrons. The molecule has 0 spiro atoms. The second-order valence-electron chi connectivity index (χ2n) is 6.80. The van der Waals surface area contributed by atoms with Crippen molar-refractivity contribution in [1.29, 1.82) is 0 Å². The monoisotopic (exact) mass is 347 g/mol. The van der Waals surface area contributed by atoms with E-state index in [1.165, 1.54) is 25.3 Å². The number of nitrogens with zero attached hydrogens (tertiary/aromatic N) is 1. The quantitative estimate of drug-likeness (QED) is 0.721. The van der Waals surface area contributed by atoms with Gasteiger partial charge in [-0.3, -0.25) is 9.69 Å². The molecule has 0 radical (unpaired) electrons. The van der Waals surface area contributed by atoms with Crippen LogP contribution in [-0.4, -0.2) is 49.7 Å². The highest BCUT2D eigenvalue weighted by Crippen LogP contribution is 2.20. The van der Waals surface area contributed by atoms with E-state index in [2.05, 4.69) is 41.5 Å². The van der Waals surface area contributed by atoms with Gasteiger partial charge in [0.15, 0.2) is 0 Å². The van der Waals surface area contributed by atoms with Crippen molar-refractivity contribution in [3.05, 3.63) is 29.8 Å². The number of ether oxygens (including phenoxy) is 1. The molecule has 1 fully saturated rings. The molecule has 1 unspecified atom stereocenters. The smallest absolute Gasteiger partial charge is 0.221 e. The van der Waals surface area contributed by atoms with Gasteiger partial charge in [0.2, 0.25) is 5.91 Å². The minimum Gasteiger partial charge on any atom is -0.379 e. The topological polar surface area (TPSA) is 53.6 Å². The molecule has 1 aliphatic heterocycles. The maximum absolute atomic E-state index is 11.1. The Balaban J connectivity index is 1.87. The third kappa shape index (κ3) is 6.42. The lowest BCUT2D eigenvalue weighted by molar-refractivity contribution is -0.114. The van der Waals surface area contributed by atoms with Crippen LogP contribution >= 0.6 is 0 Å². The van der Waals surface area contributed by atoms with Gasteiger partial charge in [0.05, 0.1) is 13.2 Å². The highest BCUT2D eigenvalue weighted by molar-refractivity contribution is 5.88.